The lowest BCUT2D eigenvalue weighted by molar-refractivity contribution is -0.121. The summed E-state index contributed by atoms with van der Waals surface area (Å²) >= 11 is 1.60. The van der Waals surface area contributed by atoms with Crippen molar-refractivity contribution in [3.8, 4) is 0 Å². The van der Waals surface area contributed by atoms with Crippen LogP contribution in [0.2, 0.25) is 0 Å². The molecule has 2 heterocycles. The molecule has 7 heteroatoms. The summed E-state index contributed by atoms with van der Waals surface area (Å²) in [4.78, 5) is 29.4. The average molecular weight is 308 g/mol. The maximum absolute atomic E-state index is 12.1. The summed E-state index contributed by atoms with van der Waals surface area (Å²) in [6, 6.07) is -0.103. The molecule has 0 saturated carbocycles. The lowest BCUT2D eigenvalue weighted by Gasteiger charge is -2.14. The first-order valence-corrected chi connectivity index (χ1v) is 7.73. The third kappa shape index (κ3) is 3.41. The highest BCUT2D eigenvalue weighted by Crippen LogP contribution is 2.24. The molecule has 1 unspecified atom stereocenters. The van der Waals surface area contributed by atoms with Gasteiger partial charge >= 0.3 is 0 Å². The summed E-state index contributed by atoms with van der Waals surface area (Å²) in [5.41, 5.74) is 1.94. The van der Waals surface area contributed by atoms with Gasteiger partial charge in [0.1, 0.15) is 5.01 Å². The van der Waals surface area contributed by atoms with Gasteiger partial charge in [-0.1, -0.05) is 6.92 Å². The Balaban J connectivity index is 2.08. The molecule has 6 nitrogen and oxygen atoms in total. The van der Waals surface area contributed by atoms with E-state index in [-0.39, 0.29) is 23.9 Å². The Bertz CT molecular complexity index is 679. The largest absolute Gasteiger partial charge is 0.347 e. The second-order valence-electron chi connectivity index (χ2n) is 5.08. The number of aromatic nitrogens is 3. The zero-order valence-electron chi connectivity index (χ0n) is 12.7. The summed E-state index contributed by atoms with van der Waals surface area (Å²) in [5.74, 6) is -0.166. The van der Waals surface area contributed by atoms with Crippen molar-refractivity contribution < 1.29 is 4.79 Å². The number of aryl methyl sites for hydroxylation is 3. The highest BCUT2D eigenvalue weighted by atomic mass is 32.1. The van der Waals surface area contributed by atoms with Crippen molar-refractivity contribution in [2.45, 2.75) is 46.6 Å². The molecule has 0 radical (unpaired) electrons. The normalized spacial score (nSPS) is 12.4. The van der Waals surface area contributed by atoms with E-state index in [4.69, 9.17) is 0 Å². The number of amides is 1. The molecule has 0 spiro atoms. The van der Waals surface area contributed by atoms with E-state index in [1.807, 2.05) is 20.8 Å². The third-order valence-corrected chi connectivity index (χ3v) is 4.70. The van der Waals surface area contributed by atoms with Gasteiger partial charge in [-0.15, -0.1) is 11.3 Å². The summed E-state index contributed by atoms with van der Waals surface area (Å²) in [6.07, 6.45) is 0.838. The van der Waals surface area contributed by atoms with Crippen LogP contribution in [0, 0.1) is 20.8 Å². The van der Waals surface area contributed by atoms with Crippen molar-refractivity contribution in [3.05, 3.63) is 37.2 Å². The van der Waals surface area contributed by atoms with E-state index in [2.05, 4.69) is 20.5 Å². The Kier molecular flexibility index (Phi) is 4.62. The van der Waals surface area contributed by atoms with Gasteiger partial charge < -0.3 is 10.4 Å². The number of carbonyl (C=O) groups excluding carboxylic acids is 1. The molecular weight excluding hydrogens is 288 g/mol. The van der Waals surface area contributed by atoms with Crippen molar-refractivity contribution in [3.63, 3.8) is 0 Å². The smallest absolute Gasteiger partial charge is 0.267 e. The van der Waals surface area contributed by atoms with E-state index in [9.17, 15) is 9.59 Å². The van der Waals surface area contributed by atoms with Gasteiger partial charge in [-0.25, -0.2) is 4.98 Å². The fourth-order valence-corrected chi connectivity index (χ4v) is 3.13. The SMILES string of the molecule is CCC(NC(=O)Cc1c(C)[nH][nH]c1=O)c1nc(C)c(C)s1. The second kappa shape index (κ2) is 6.26. The standard InChI is InChI=1S/C14H20N4O2S/c1-5-11(14-15-7(2)9(4)21-14)16-12(19)6-10-8(3)17-18-13(10)20/h11H,5-6H2,1-4H3,(H,16,19)(H2,17,18,20). The summed E-state index contributed by atoms with van der Waals surface area (Å²) in [7, 11) is 0. The molecule has 0 saturated heterocycles. The van der Waals surface area contributed by atoms with Crippen LogP contribution >= 0.6 is 11.3 Å². The van der Waals surface area contributed by atoms with Crippen LogP contribution in [0.3, 0.4) is 0 Å². The lowest BCUT2D eigenvalue weighted by atomic mass is 10.1. The number of hydrogen-bond acceptors (Lipinski definition) is 4. The molecule has 3 N–H and O–H groups in total. The maximum atomic E-state index is 12.1. The number of aromatic amines is 2. The minimum atomic E-state index is -0.239. The lowest BCUT2D eigenvalue weighted by Crippen LogP contribution is -2.30. The van der Waals surface area contributed by atoms with E-state index in [0.717, 1.165) is 22.0 Å². The van der Waals surface area contributed by atoms with Crippen molar-refractivity contribution in [2.24, 2.45) is 0 Å². The van der Waals surface area contributed by atoms with Crippen molar-refractivity contribution in [2.75, 3.05) is 0 Å². The summed E-state index contributed by atoms with van der Waals surface area (Å²) in [5, 5.41) is 9.08. The molecule has 0 aliphatic rings. The zero-order valence-corrected chi connectivity index (χ0v) is 13.5. The molecular formula is C14H20N4O2S. The maximum Gasteiger partial charge on any atom is 0.267 e. The second-order valence-corrected chi connectivity index (χ2v) is 6.32. The molecule has 0 fully saturated rings. The first-order valence-electron chi connectivity index (χ1n) is 6.91. The molecule has 0 aromatic carbocycles. The Morgan fingerprint density at radius 2 is 2.05 bits per heavy atom. The Hall–Kier alpha value is -1.89. The van der Waals surface area contributed by atoms with Crippen LogP contribution in [0.5, 0.6) is 0 Å². The van der Waals surface area contributed by atoms with E-state index in [1.54, 1.807) is 18.3 Å². The van der Waals surface area contributed by atoms with Gasteiger partial charge in [0, 0.05) is 16.1 Å². The molecule has 1 atom stereocenters. The van der Waals surface area contributed by atoms with E-state index in [1.165, 1.54) is 0 Å². The molecule has 2 aromatic heterocycles. The first-order chi connectivity index (χ1) is 9.92. The van der Waals surface area contributed by atoms with Gasteiger partial charge in [0.05, 0.1) is 18.2 Å². The zero-order chi connectivity index (χ0) is 15.6. The van der Waals surface area contributed by atoms with Crippen LogP contribution in [0.15, 0.2) is 4.79 Å². The molecule has 21 heavy (non-hydrogen) atoms. The van der Waals surface area contributed by atoms with Crippen molar-refractivity contribution in [1.29, 1.82) is 0 Å². The number of carbonyl (C=O) groups is 1. The molecule has 0 aliphatic carbocycles. The van der Waals surface area contributed by atoms with Gasteiger partial charge in [-0.05, 0) is 27.2 Å². The van der Waals surface area contributed by atoms with Crippen LogP contribution in [0.1, 0.15) is 46.2 Å². The number of nitrogens with one attached hydrogen (secondary N) is 3. The van der Waals surface area contributed by atoms with Crippen molar-refractivity contribution >= 4 is 17.2 Å². The first kappa shape index (κ1) is 15.5. The number of H-pyrrole nitrogens is 2. The van der Waals surface area contributed by atoms with Gasteiger partial charge in [0.25, 0.3) is 5.56 Å². The van der Waals surface area contributed by atoms with Gasteiger partial charge in [0.15, 0.2) is 0 Å². The molecule has 0 aliphatic heterocycles. The van der Waals surface area contributed by atoms with Crippen LogP contribution in [0.25, 0.3) is 0 Å². The molecule has 1 amide bonds. The van der Waals surface area contributed by atoms with Crippen LogP contribution in [-0.2, 0) is 11.2 Å². The van der Waals surface area contributed by atoms with Crippen LogP contribution in [0.4, 0.5) is 0 Å². The number of nitrogens with zero attached hydrogens (tertiary/aromatic N) is 1. The third-order valence-electron chi connectivity index (χ3n) is 3.51. The predicted octanol–water partition coefficient (Wildman–Crippen LogP) is 1.89. The van der Waals surface area contributed by atoms with E-state index < -0.39 is 0 Å². The average Bonchev–Trinajstić information content (AvgIpc) is 2.93. The molecule has 0 bridgehead atoms. The molecule has 114 valence electrons. The summed E-state index contributed by atoms with van der Waals surface area (Å²) < 4.78 is 0. The quantitative estimate of drug-likeness (QED) is 0.788. The predicted molar refractivity (Wildman–Crippen MR) is 82.6 cm³/mol. The fraction of sp³-hybridized carbons (Fsp3) is 0.500. The molecule has 2 rings (SSSR count). The highest BCUT2D eigenvalue weighted by Gasteiger charge is 2.19. The minimum absolute atomic E-state index is 0.0739. The van der Waals surface area contributed by atoms with E-state index >= 15 is 0 Å². The Morgan fingerprint density at radius 3 is 2.52 bits per heavy atom. The Labute approximate surface area is 127 Å². The highest BCUT2D eigenvalue weighted by molar-refractivity contribution is 7.11. The Morgan fingerprint density at radius 1 is 1.33 bits per heavy atom. The van der Waals surface area contributed by atoms with Crippen LogP contribution in [-0.4, -0.2) is 21.1 Å². The van der Waals surface area contributed by atoms with Crippen LogP contribution < -0.4 is 10.9 Å². The molecule has 2 aromatic rings. The monoisotopic (exact) mass is 308 g/mol. The van der Waals surface area contributed by atoms with Gasteiger partial charge in [-0.2, -0.15) is 0 Å². The van der Waals surface area contributed by atoms with Gasteiger partial charge in [-0.3, -0.25) is 14.7 Å². The van der Waals surface area contributed by atoms with E-state index in [0.29, 0.717) is 11.3 Å². The fourth-order valence-electron chi connectivity index (χ4n) is 2.08. The summed E-state index contributed by atoms with van der Waals surface area (Å²) in [6.45, 7) is 7.76. The topological polar surface area (TPSA) is 90.6 Å². The number of rotatable bonds is 5. The number of hydrogen-bond donors (Lipinski definition) is 3. The van der Waals surface area contributed by atoms with Crippen molar-refractivity contribution in [1.82, 2.24) is 20.5 Å². The minimum Gasteiger partial charge on any atom is -0.347 e. The van der Waals surface area contributed by atoms with Gasteiger partial charge in [0.2, 0.25) is 5.91 Å². The number of thiazole rings is 1.